The van der Waals surface area contributed by atoms with Gasteiger partial charge in [0.05, 0.1) is 11.9 Å². The maximum atomic E-state index is 5.86. The Kier molecular flexibility index (Phi) is 4.12. The van der Waals surface area contributed by atoms with Crippen molar-refractivity contribution in [1.82, 2.24) is 4.98 Å². The average molecular weight is 272 g/mol. The van der Waals surface area contributed by atoms with Crippen LogP contribution in [0.5, 0.6) is 11.5 Å². The molecular formula is C15H16N2OS. The van der Waals surface area contributed by atoms with Crippen LogP contribution >= 0.6 is 12.2 Å². The molecule has 2 rings (SSSR count). The van der Waals surface area contributed by atoms with E-state index in [1.165, 1.54) is 5.56 Å². The van der Waals surface area contributed by atoms with Crippen molar-refractivity contribution in [2.75, 3.05) is 0 Å². The van der Waals surface area contributed by atoms with Gasteiger partial charge in [0.2, 0.25) is 0 Å². The Hall–Kier alpha value is -1.94. The summed E-state index contributed by atoms with van der Waals surface area (Å²) in [5.41, 5.74) is 7.27. The quantitative estimate of drug-likeness (QED) is 0.863. The number of aromatic nitrogens is 1. The molecule has 0 aliphatic rings. The van der Waals surface area contributed by atoms with Gasteiger partial charge < -0.3 is 10.5 Å². The van der Waals surface area contributed by atoms with E-state index in [1.54, 1.807) is 12.3 Å². The lowest BCUT2D eigenvalue weighted by molar-refractivity contribution is 0.471. The minimum Gasteiger partial charge on any atom is -0.455 e. The van der Waals surface area contributed by atoms with Gasteiger partial charge in [0, 0.05) is 0 Å². The second kappa shape index (κ2) is 5.80. The summed E-state index contributed by atoms with van der Waals surface area (Å²) in [5.74, 6) is 1.93. The van der Waals surface area contributed by atoms with Gasteiger partial charge in [-0.05, 0) is 29.7 Å². The number of thiocarbonyl (C=S) groups is 1. The van der Waals surface area contributed by atoms with Gasteiger partial charge in [0.1, 0.15) is 16.5 Å². The smallest absolute Gasteiger partial charge is 0.145 e. The average Bonchev–Trinajstić information content (AvgIpc) is 2.39. The molecule has 0 aliphatic heterocycles. The number of pyridine rings is 1. The lowest BCUT2D eigenvalue weighted by Crippen LogP contribution is -2.10. The van der Waals surface area contributed by atoms with E-state index >= 15 is 0 Å². The summed E-state index contributed by atoms with van der Waals surface area (Å²) in [7, 11) is 0. The minimum atomic E-state index is 0.286. The Morgan fingerprint density at radius 1 is 1.21 bits per heavy atom. The van der Waals surface area contributed by atoms with Gasteiger partial charge in [0.15, 0.2) is 0 Å². The standard InChI is InChI=1S/C15H16N2OS/c1-10(2)12-5-3-4-6-14(12)18-11-7-8-13(15(16)19)17-9-11/h3-10H,1-2H3,(H2,16,19). The summed E-state index contributed by atoms with van der Waals surface area (Å²) in [4.78, 5) is 4.44. The highest BCUT2D eigenvalue weighted by molar-refractivity contribution is 7.80. The summed E-state index contributed by atoms with van der Waals surface area (Å²) in [6.45, 7) is 4.27. The number of rotatable bonds is 4. The molecule has 0 unspecified atom stereocenters. The molecule has 1 aromatic carbocycles. The van der Waals surface area contributed by atoms with Gasteiger partial charge >= 0.3 is 0 Å². The third-order valence-corrected chi connectivity index (χ3v) is 2.97. The van der Waals surface area contributed by atoms with Crippen molar-refractivity contribution in [1.29, 1.82) is 0 Å². The second-order valence-corrected chi connectivity index (χ2v) is 4.98. The van der Waals surface area contributed by atoms with E-state index in [2.05, 4.69) is 24.9 Å². The van der Waals surface area contributed by atoms with Crippen LogP contribution in [0.3, 0.4) is 0 Å². The number of benzene rings is 1. The molecule has 0 saturated heterocycles. The van der Waals surface area contributed by atoms with Crippen molar-refractivity contribution in [3.05, 3.63) is 53.9 Å². The summed E-state index contributed by atoms with van der Waals surface area (Å²) in [5, 5.41) is 0. The summed E-state index contributed by atoms with van der Waals surface area (Å²) < 4.78 is 5.86. The number of hydrogen-bond donors (Lipinski definition) is 1. The molecule has 98 valence electrons. The minimum absolute atomic E-state index is 0.286. The fourth-order valence-electron chi connectivity index (χ4n) is 1.76. The first-order chi connectivity index (χ1) is 9.08. The topological polar surface area (TPSA) is 48.1 Å². The Balaban J connectivity index is 2.24. The Labute approximate surface area is 118 Å². The molecular weight excluding hydrogens is 256 g/mol. The predicted octanol–water partition coefficient (Wildman–Crippen LogP) is 3.63. The molecule has 0 atom stereocenters. The SMILES string of the molecule is CC(C)c1ccccc1Oc1ccc(C(N)=S)nc1. The molecule has 1 heterocycles. The van der Waals surface area contributed by atoms with E-state index < -0.39 is 0 Å². The number of para-hydroxylation sites is 1. The second-order valence-electron chi connectivity index (χ2n) is 4.54. The first-order valence-corrected chi connectivity index (χ1v) is 6.51. The molecule has 0 spiro atoms. The highest BCUT2D eigenvalue weighted by Crippen LogP contribution is 2.29. The van der Waals surface area contributed by atoms with Gasteiger partial charge in [-0.3, -0.25) is 0 Å². The van der Waals surface area contributed by atoms with Crippen LogP contribution < -0.4 is 10.5 Å². The van der Waals surface area contributed by atoms with Crippen molar-refractivity contribution in [3.8, 4) is 11.5 Å². The van der Waals surface area contributed by atoms with Crippen molar-refractivity contribution >= 4 is 17.2 Å². The third kappa shape index (κ3) is 3.29. The largest absolute Gasteiger partial charge is 0.455 e. The molecule has 0 radical (unpaired) electrons. The molecule has 19 heavy (non-hydrogen) atoms. The molecule has 0 amide bonds. The number of nitrogens with two attached hydrogens (primary N) is 1. The first kappa shape index (κ1) is 13.5. The van der Waals surface area contributed by atoms with Gasteiger partial charge in [-0.1, -0.05) is 44.3 Å². The lowest BCUT2D eigenvalue weighted by Gasteiger charge is -2.13. The maximum absolute atomic E-state index is 5.86. The van der Waals surface area contributed by atoms with Crippen LogP contribution in [-0.2, 0) is 0 Å². The Morgan fingerprint density at radius 2 is 1.95 bits per heavy atom. The van der Waals surface area contributed by atoms with E-state index in [0.717, 1.165) is 5.75 Å². The van der Waals surface area contributed by atoms with Gasteiger partial charge in [-0.25, -0.2) is 4.98 Å². The molecule has 2 aromatic rings. The zero-order valence-corrected chi connectivity index (χ0v) is 11.8. The molecule has 0 aliphatic carbocycles. The van der Waals surface area contributed by atoms with Crippen LogP contribution in [0.1, 0.15) is 31.0 Å². The van der Waals surface area contributed by atoms with Gasteiger partial charge in [0.25, 0.3) is 0 Å². The summed E-state index contributed by atoms with van der Waals surface area (Å²) in [6.07, 6.45) is 1.63. The molecule has 2 N–H and O–H groups in total. The summed E-state index contributed by atoms with van der Waals surface area (Å²) in [6, 6.07) is 11.6. The zero-order valence-electron chi connectivity index (χ0n) is 11.0. The third-order valence-electron chi connectivity index (χ3n) is 2.76. The van der Waals surface area contributed by atoms with E-state index in [0.29, 0.717) is 17.4 Å². The zero-order chi connectivity index (χ0) is 13.8. The summed E-state index contributed by atoms with van der Waals surface area (Å²) >= 11 is 4.86. The van der Waals surface area contributed by atoms with Crippen LogP contribution in [0.15, 0.2) is 42.6 Å². The van der Waals surface area contributed by atoms with E-state index in [4.69, 9.17) is 22.7 Å². The van der Waals surface area contributed by atoms with Crippen molar-refractivity contribution in [2.45, 2.75) is 19.8 Å². The van der Waals surface area contributed by atoms with E-state index in [-0.39, 0.29) is 4.99 Å². The van der Waals surface area contributed by atoms with Crippen LogP contribution in [0.25, 0.3) is 0 Å². The molecule has 0 saturated carbocycles. The Bertz CT molecular complexity index is 579. The predicted molar refractivity (Wildman–Crippen MR) is 80.7 cm³/mol. The molecule has 3 nitrogen and oxygen atoms in total. The van der Waals surface area contributed by atoms with Crippen LogP contribution in [-0.4, -0.2) is 9.97 Å². The molecule has 4 heteroatoms. The number of ether oxygens (including phenoxy) is 1. The van der Waals surface area contributed by atoms with E-state index in [1.807, 2.05) is 24.3 Å². The molecule has 1 aromatic heterocycles. The normalized spacial score (nSPS) is 10.5. The Morgan fingerprint density at radius 3 is 2.53 bits per heavy atom. The van der Waals surface area contributed by atoms with Gasteiger partial charge in [-0.15, -0.1) is 0 Å². The molecule has 0 fully saturated rings. The highest BCUT2D eigenvalue weighted by atomic mass is 32.1. The van der Waals surface area contributed by atoms with Crippen LogP contribution in [0, 0.1) is 0 Å². The van der Waals surface area contributed by atoms with Crippen LogP contribution in [0.4, 0.5) is 0 Å². The fraction of sp³-hybridized carbons (Fsp3) is 0.200. The number of hydrogen-bond acceptors (Lipinski definition) is 3. The monoisotopic (exact) mass is 272 g/mol. The first-order valence-electron chi connectivity index (χ1n) is 6.10. The van der Waals surface area contributed by atoms with Crippen molar-refractivity contribution in [3.63, 3.8) is 0 Å². The lowest BCUT2D eigenvalue weighted by atomic mass is 10.0. The molecule has 0 bridgehead atoms. The van der Waals surface area contributed by atoms with Crippen molar-refractivity contribution in [2.24, 2.45) is 5.73 Å². The highest BCUT2D eigenvalue weighted by Gasteiger charge is 2.08. The maximum Gasteiger partial charge on any atom is 0.145 e. The van der Waals surface area contributed by atoms with E-state index in [9.17, 15) is 0 Å². The van der Waals surface area contributed by atoms with Crippen LogP contribution in [0.2, 0.25) is 0 Å². The number of nitrogens with zero attached hydrogens (tertiary/aromatic N) is 1. The van der Waals surface area contributed by atoms with Crippen molar-refractivity contribution < 1.29 is 4.74 Å². The van der Waals surface area contributed by atoms with Gasteiger partial charge in [-0.2, -0.15) is 0 Å². The fourth-order valence-corrected chi connectivity index (χ4v) is 1.88.